The number of fused-ring (bicyclic) bond motifs is 1. The standard InChI is InChI=1S/C12H15N3S/c1-7-3-9(7)4-13-12-11-10(14-6-15-12)8(2)5-16-11/h5-7,9H,3-4H2,1-2H3,(H,13,14,15). The molecule has 2 aromatic heterocycles. The largest absolute Gasteiger partial charge is 0.368 e. The van der Waals surface area contributed by atoms with Gasteiger partial charge in [-0.3, -0.25) is 0 Å². The molecule has 0 amide bonds. The summed E-state index contributed by atoms with van der Waals surface area (Å²) >= 11 is 1.73. The van der Waals surface area contributed by atoms with Crippen molar-refractivity contribution in [1.82, 2.24) is 9.97 Å². The number of aryl methyl sites for hydroxylation is 1. The third-order valence-corrected chi connectivity index (χ3v) is 4.43. The average molecular weight is 233 g/mol. The topological polar surface area (TPSA) is 37.8 Å². The van der Waals surface area contributed by atoms with Crippen molar-refractivity contribution >= 4 is 27.4 Å². The quantitative estimate of drug-likeness (QED) is 0.885. The van der Waals surface area contributed by atoms with E-state index in [1.165, 1.54) is 16.7 Å². The van der Waals surface area contributed by atoms with Crippen molar-refractivity contribution in [3.05, 3.63) is 17.3 Å². The third kappa shape index (κ3) is 1.67. The Morgan fingerprint density at radius 1 is 1.50 bits per heavy atom. The zero-order valence-corrected chi connectivity index (χ0v) is 10.3. The second-order valence-electron chi connectivity index (χ2n) is 4.67. The highest BCUT2D eigenvalue weighted by molar-refractivity contribution is 7.18. The first-order valence-electron chi connectivity index (χ1n) is 5.68. The predicted octanol–water partition coefficient (Wildman–Crippen LogP) is 3.07. The van der Waals surface area contributed by atoms with Crippen molar-refractivity contribution in [3.8, 4) is 0 Å². The highest BCUT2D eigenvalue weighted by Gasteiger charge is 2.32. The molecule has 0 aromatic carbocycles. The Labute approximate surface area is 98.9 Å². The summed E-state index contributed by atoms with van der Waals surface area (Å²) < 4.78 is 1.19. The maximum Gasteiger partial charge on any atom is 0.147 e. The van der Waals surface area contributed by atoms with Gasteiger partial charge in [-0.2, -0.15) is 0 Å². The van der Waals surface area contributed by atoms with Crippen molar-refractivity contribution in [3.63, 3.8) is 0 Å². The Hall–Kier alpha value is -1.16. The summed E-state index contributed by atoms with van der Waals surface area (Å²) in [6.45, 7) is 5.44. The summed E-state index contributed by atoms with van der Waals surface area (Å²) in [5.41, 5.74) is 2.33. The number of anilines is 1. The van der Waals surface area contributed by atoms with Gasteiger partial charge < -0.3 is 5.32 Å². The molecule has 1 aliphatic carbocycles. The molecule has 3 nitrogen and oxygen atoms in total. The molecule has 16 heavy (non-hydrogen) atoms. The highest BCUT2D eigenvalue weighted by atomic mass is 32.1. The zero-order chi connectivity index (χ0) is 11.1. The van der Waals surface area contributed by atoms with Gasteiger partial charge in [0.1, 0.15) is 12.1 Å². The predicted molar refractivity (Wildman–Crippen MR) is 67.9 cm³/mol. The van der Waals surface area contributed by atoms with Gasteiger partial charge in [0.2, 0.25) is 0 Å². The molecule has 0 bridgehead atoms. The van der Waals surface area contributed by atoms with Crippen molar-refractivity contribution in [2.24, 2.45) is 11.8 Å². The molecular formula is C12H15N3S. The monoisotopic (exact) mass is 233 g/mol. The Bertz CT molecular complexity index is 520. The third-order valence-electron chi connectivity index (χ3n) is 3.34. The van der Waals surface area contributed by atoms with Gasteiger partial charge in [0.25, 0.3) is 0 Å². The molecule has 0 saturated heterocycles. The van der Waals surface area contributed by atoms with Crippen LogP contribution in [-0.2, 0) is 0 Å². The number of nitrogens with one attached hydrogen (secondary N) is 1. The maximum absolute atomic E-state index is 4.33. The lowest BCUT2D eigenvalue weighted by Gasteiger charge is -2.05. The van der Waals surface area contributed by atoms with Crippen LogP contribution in [0, 0.1) is 18.8 Å². The van der Waals surface area contributed by atoms with Gasteiger partial charge in [-0.05, 0) is 36.1 Å². The van der Waals surface area contributed by atoms with Crippen LogP contribution in [0.3, 0.4) is 0 Å². The normalized spacial score (nSPS) is 23.6. The van der Waals surface area contributed by atoms with Crippen molar-refractivity contribution < 1.29 is 0 Å². The molecular weight excluding hydrogens is 218 g/mol. The fraction of sp³-hybridized carbons (Fsp3) is 0.500. The van der Waals surface area contributed by atoms with Crippen molar-refractivity contribution in [2.45, 2.75) is 20.3 Å². The number of nitrogens with zero attached hydrogens (tertiary/aromatic N) is 2. The first kappa shape index (κ1) is 10.0. The Morgan fingerprint density at radius 3 is 3.06 bits per heavy atom. The Kier molecular flexibility index (Phi) is 2.32. The minimum atomic E-state index is 0.839. The lowest BCUT2D eigenvalue weighted by Crippen LogP contribution is -2.06. The van der Waals surface area contributed by atoms with E-state index < -0.39 is 0 Å². The first-order chi connectivity index (χ1) is 7.75. The summed E-state index contributed by atoms with van der Waals surface area (Å²) in [5.74, 6) is 2.73. The van der Waals surface area contributed by atoms with Gasteiger partial charge in [0.05, 0.1) is 10.2 Å². The van der Waals surface area contributed by atoms with Gasteiger partial charge >= 0.3 is 0 Å². The van der Waals surface area contributed by atoms with Gasteiger partial charge in [-0.1, -0.05) is 6.92 Å². The summed E-state index contributed by atoms with van der Waals surface area (Å²) in [6, 6.07) is 0. The highest BCUT2D eigenvalue weighted by Crippen LogP contribution is 2.38. The lowest BCUT2D eigenvalue weighted by molar-refractivity contribution is 0.785. The van der Waals surface area contributed by atoms with E-state index in [0.29, 0.717) is 0 Å². The molecule has 1 aliphatic rings. The molecule has 2 heterocycles. The SMILES string of the molecule is Cc1csc2c(NCC3CC3C)ncnc12. The van der Waals surface area contributed by atoms with E-state index in [-0.39, 0.29) is 0 Å². The maximum atomic E-state index is 4.33. The number of hydrogen-bond acceptors (Lipinski definition) is 4. The summed E-state index contributed by atoms with van der Waals surface area (Å²) in [7, 11) is 0. The first-order valence-corrected chi connectivity index (χ1v) is 6.56. The molecule has 1 fully saturated rings. The van der Waals surface area contributed by atoms with Crippen LogP contribution >= 0.6 is 11.3 Å². The molecule has 3 rings (SSSR count). The summed E-state index contributed by atoms with van der Waals surface area (Å²) in [5, 5.41) is 5.60. The van der Waals surface area contributed by atoms with E-state index in [0.717, 1.165) is 29.7 Å². The Balaban J connectivity index is 1.85. The van der Waals surface area contributed by atoms with Gasteiger partial charge in [0, 0.05) is 6.54 Å². The van der Waals surface area contributed by atoms with Crippen LogP contribution in [0.4, 0.5) is 5.82 Å². The smallest absolute Gasteiger partial charge is 0.147 e. The minimum Gasteiger partial charge on any atom is -0.368 e. The summed E-state index contributed by atoms with van der Waals surface area (Å²) in [4.78, 5) is 8.65. The van der Waals surface area contributed by atoms with Gasteiger partial charge in [0.15, 0.2) is 0 Å². The molecule has 0 aliphatic heterocycles. The second-order valence-corrected chi connectivity index (χ2v) is 5.55. The number of thiophene rings is 1. The fourth-order valence-corrected chi connectivity index (χ4v) is 2.97. The van der Waals surface area contributed by atoms with Gasteiger partial charge in [-0.25, -0.2) is 9.97 Å². The molecule has 2 unspecified atom stereocenters. The fourth-order valence-electron chi connectivity index (χ4n) is 2.01. The summed E-state index contributed by atoms with van der Waals surface area (Å²) in [6.07, 6.45) is 3.01. The zero-order valence-electron chi connectivity index (χ0n) is 9.53. The average Bonchev–Trinajstić information content (AvgIpc) is 2.86. The van der Waals surface area contributed by atoms with Crippen LogP contribution in [0.25, 0.3) is 10.2 Å². The molecule has 84 valence electrons. The van der Waals surface area contributed by atoms with Crippen LogP contribution in [-0.4, -0.2) is 16.5 Å². The lowest BCUT2D eigenvalue weighted by atomic mass is 10.3. The second kappa shape index (κ2) is 3.70. The van der Waals surface area contributed by atoms with Gasteiger partial charge in [-0.15, -0.1) is 11.3 Å². The van der Waals surface area contributed by atoms with Crippen LogP contribution in [0.1, 0.15) is 18.9 Å². The van der Waals surface area contributed by atoms with E-state index >= 15 is 0 Å². The minimum absolute atomic E-state index is 0.839. The molecule has 0 spiro atoms. The van der Waals surface area contributed by atoms with E-state index in [2.05, 4.69) is 34.5 Å². The van der Waals surface area contributed by atoms with E-state index in [9.17, 15) is 0 Å². The number of hydrogen-bond donors (Lipinski definition) is 1. The van der Waals surface area contributed by atoms with E-state index in [1.807, 2.05) is 0 Å². The van der Waals surface area contributed by atoms with Crippen molar-refractivity contribution in [2.75, 3.05) is 11.9 Å². The van der Waals surface area contributed by atoms with Crippen LogP contribution in [0.5, 0.6) is 0 Å². The molecule has 2 aromatic rings. The van der Waals surface area contributed by atoms with E-state index in [4.69, 9.17) is 0 Å². The van der Waals surface area contributed by atoms with Crippen LogP contribution in [0.2, 0.25) is 0 Å². The van der Waals surface area contributed by atoms with Crippen molar-refractivity contribution in [1.29, 1.82) is 0 Å². The number of rotatable bonds is 3. The van der Waals surface area contributed by atoms with Crippen LogP contribution in [0.15, 0.2) is 11.7 Å². The molecule has 1 saturated carbocycles. The molecule has 2 atom stereocenters. The number of aromatic nitrogens is 2. The Morgan fingerprint density at radius 2 is 2.31 bits per heavy atom. The molecule has 0 radical (unpaired) electrons. The molecule has 4 heteroatoms. The van der Waals surface area contributed by atoms with E-state index in [1.54, 1.807) is 17.7 Å². The molecule has 1 N–H and O–H groups in total. The van der Waals surface area contributed by atoms with Crippen LogP contribution < -0.4 is 5.32 Å².